The van der Waals surface area contributed by atoms with Gasteiger partial charge in [0.25, 0.3) is 0 Å². The molecule has 1 amide bonds. The molecule has 0 radical (unpaired) electrons. The van der Waals surface area contributed by atoms with Crippen LogP contribution in [0.3, 0.4) is 0 Å². The number of carbonyl (C=O) groups excluding carboxylic acids is 1. The molecule has 2 aliphatic carbocycles. The first-order valence-corrected chi connectivity index (χ1v) is 7.33. The Morgan fingerprint density at radius 2 is 1.79 bits per heavy atom. The summed E-state index contributed by atoms with van der Waals surface area (Å²) in [6.07, 6.45) is 7.13. The van der Waals surface area contributed by atoms with Crippen molar-refractivity contribution < 1.29 is 14.7 Å². The van der Waals surface area contributed by atoms with Crippen molar-refractivity contribution in [3.63, 3.8) is 0 Å². The molecule has 5 heteroatoms. The second-order valence-electron chi connectivity index (χ2n) is 6.06. The molecule has 4 N–H and O–H groups in total. The molecule has 0 heterocycles. The van der Waals surface area contributed by atoms with Crippen LogP contribution in [0.5, 0.6) is 0 Å². The molecule has 5 nitrogen and oxygen atoms in total. The van der Waals surface area contributed by atoms with Crippen molar-refractivity contribution in [1.29, 1.82) is 0 Å². The standard InChI is InChI=1S/C14H24N2O3/c15-14(7-3-4-8-14)13(19)16-9-10-5-1-2-6-11(10)12(17)18/h10-11H,1-9,15H2,(H,16,19)(H,17,18). The molecule has 2 aliphatic rings. The number of aliphatic carboxylic acids is 1. The maximum absolute atomic E-state index is 12.1. The zero-order valence-electron chi connectivity index (χ0n) is 11.4. The van der Waals surface area contributed by atoms with E-state index >= 15 is 0 Å². The Kier molecular flexibility index (Phi) is 4.45. The van der Waals surface area contributed by atoms with Crippen molar-refractivity contribution in [2.45, 2.75) is 56.9 Å². The predicted octanol–water partition coefficient (Wildman–Crippen LogP) is 1.27. The van der Waals surface area contributed by atoms with Crippen LogP contribution in [-0.4, -0.2) is 29.1 Å². The number of rotatable bonds is 4. The summed E-state index contributed by atoms with van der Waals surface area (Å²) in [5.74, 6) is -1.09. The Balaban J connectivity index is 1.86. The first kappa shape index (κ1) is 14.3. The van der Waals surface area contributed by atoms with E-state index in [1.807, 2.05) is 0 Å². The van der Waals surface area contributed by atoms with Crippen LogP contribution in [-0.2, 0) is 9.59 Å². The van der Waals surface area contributed by atoms with Crippen LogP contribution in [0.25, 0.3) is 0 Å². The van der Waals surface area contributed by atoms with Crippen molar-refractivity contribution in [3.8, 4) is 0 Å². The van der Waals surface area contributed by atoms with Crippen LogP contribution in [0.15, 0.2) is 0 Å². The maximum atomic E-state index is 12.1. The van der Waals surface area contributed by atoms with E-state index in [9.17, 15) is 14.7 Å². The van der Waals surface area contributed by atoms with Crippen molar-refractivity contribution >= 4 is 11.9 Å². The third-order valence-corrected chi connectivity index (χ3v) is 4.70. The quantitative estimate of drug-likeness (QED) is 0.715. The summed E-state index contributed by atoms with van der Waals surface area (Å²) in [5.41, 5.74) is 5.37. The van der Waals surface area contributed by atoms with E-state index in [0.29, 0.717) is 6.54 Å². The Bertz CT molecular complexity index is 351. The molecule has 0 saturated heterocycles. The first-order chi connectivity index (χ1) is 9.03. The smallest absolute Gasteiger partial charge is 0.306 e. The van der Waals surface area contributed by atoms with Crippen LogP contribution in [0, 0.1) is 11.8 Å². The lowest BCUT2D eigenvalue weighted by Crippen LogP contribution is -2.53. The van der Waals surface area contributed by atoms with Crippen LogP contribution in [0.4, 0.5) is 0 Å². The van der Waals surface area contributed by atoms with Gasteiger partial charge in [-0.3, -0.25) is 9.59 Å². The molecule has 0 aliphatic heterocycles. The summed E-state index contributed by atoms with van der Waals surface area (Å²) in [7, 11) is 0. The van der Waals surface area contributed by atoms with Gasteiger partial charge in [-0.25, -0.2) is 0 Å². The van der Waals surface area contributed by atoms with Crippen molar-refractivity contribution in [2.75, 3.05) is 6.54 Å². The normalized spacial score (nSPS) is 29.9. The lowest BCUT2D eigenvalue weighted by atomic mass is 9.79. The molecule has 0 bridgehead atoms. The zero-order valence-corrected chi connectivity index (χ0v) is 11.4. The number of hydrogen-bond donors (Lipinski definition) is 3. The highest BCUT2D eigenvalue weighted by Crippen LogP contribution is 2.31. The highest BCUT2D eigenvalue weighted by molar-refractivity contribution is 5.86. The highest BCUT2D eigenvalue weighted by atomic mass is 16.4. The Labute approximate surface area is 113 Å². The van der Waals surface area contributed by atoms with Crippen LogP contribution >= 0.6 is 0 Å². The van der Waals surface area contributed by atoms with E-state index in [4.69, 9.17) is 5.73 Å². The van der Waals surface area contributed by atoms with E-state index < -0.39 is 11.5 Å². The summed E-state index contributed by atoms with van der Waals surface area (Å²) >= 11 is 0. The molecule has 2 saturated carbocycles. The number of carboxylic acid groups (broad SMARTS) is 1. The fourth-order valence-corrected chi connectivity index (χ4v) is 3.41. The molecule has 0 aromatic carbocycles. The SMILES string of the molecule is NC1(C(=O)NCC2CCCCC2C(=O)O)CCCC1. The molecule has 2 unspecified atom stereocenters. The van der Waals surface area contributed by atoms with Gasteiger partial charge in [-0.2, -0.15) is 0 Å². The first-order valence-electron chi connectivity index (χ1n) is 7.33. The van der Waals surface area contributed by atoms with E-state index in [0.717, 1.165) is 51.4 Å². The predicted molar refractivity (Wildman–Crippen MR) is 71.5 cm³/mol. The minimum Gasteiger partial charge on any atom is -0.481 e. The zero-order chi connectivity index (χ0) is 13.9. The van der Waals surface area contributed by atoms with Crippen LogP contribution in [0.1, 0.15) is 51.4 Å². The van der Waals surface area contributed by atoms with Crippen molar-refractivity contribution in [3.05, 3.63) is 0 Å². The van der Waals surface area contributed by atoms with Crippen LogP contribution in [0.2, 0.25) is 0 Å². The van der Waals surface area contributed by atoms with E-state index in [-0.39, 0.29) is 17.7 Å². The van der Waals surface area contributed by atoms with Gasteiger partial charge in [-0.1, -0.05) is 25.7 Å². The summed E-state index contributed by atoms with van der Waals surface area (Å²) in [6.45, 7) is 0.453. The van der Waals surface area contributed by atoms with Gasteiger partial charge in [0, 0.05) is 6.54 Å². The highest BCUT2D eigenvalue weighted by Gasteiger charge is 2.38. The van der Waals surface area contributed by atoms with Crippen LogP contribution < -0.4 is 11.1 Å². The number of nitrogens with one attached hydrogen (secondary N) is 1. The average molecular weight is 268 g/mol. The summed E-state index contributed by atoms with van der Waals surface area (Å²) in [5, 5.41) is 12.1. The number of nitrogens with two attached hydrogens (primary N) is 1. The van der Waals surface area contributed by atoms with Gasteiger partial charge in [0.15, 0.2) is 0 Å². The largest absolute Gasteiger partial charge is 0.481 e. The minimum atomic E-state index is -0.734. The monoisotopic (exact) mass is 268 g/mol. The molecule has 108 valence electrons. The molecule has 19 heavy (non-hydrogen) atoms. The number of amides is 1. The van der Waals surface area contributed by atoms with Gasteiger partial charge in [0.05, 0.1) is 11.5 Å². The number of carboxylic acids is 1. The molecule has 0 spiro atoms. The fraction of sp³-hybridized carbons (Fsp3) is 0.857. The molecular formula is C14H24N2O3. The van der Waals surface area contributed by atoms with Gasteiger partial charge in [0.2, 0.25) is 5.91 Å². The number of hydrogen-bond acceptors (Lipinski definition) is 3. The third kappa shape index (κ3) is 3.26. The average Bonchev–Trinajstić information content (AvgIpc) is 2.84. The van der Waals surface area contributed by atoms with E-state index in [1.54, 1.807) is 0 Å². The Morgan fingerprint density at radius 3 is 2.42 bits per heavy atom. The van der Waals surface area contributed by atoms with Crippen molar-refractivity contribution in [1.82, 2.24) is 5.32 Å². The summed E-state index contributed by atoms with van der Waals surface area (Å²) < 4.78 is 0. The van der Waals surface area contributed by atoms with E-state index in [2.05, 4.69) is 5.32 Å². The molecule has 0 aromatic heterocycles. The second-order valence-corrected chi connectivity index (χ2v) is 6.06. The van der Waals surface area contributed by atoms with Crippen molar-refractivity contribution in [2.24, 2.45) is 17.6 Å². The maximum Gasteiger partial charge on any atom is 0.306 e. The summed E-state index contributed by atoms with van der Waals surface area (Å²) in [6, 6.07) is 0. The topological polar surface area (TPSA) is 92.4 Å². The van der Waals surface area contributed by atoms with Gasteiger partial charge in [-0.15, -0.1) is 0 Å². The summed E-state index contributed by atoms with van der Waals surface area (Å²) in [4.78, 5) is 23.3. The second kappa shape index (κ2) is 5.90. The third-order valence-electron chi connectivity index (χ3n) is 4.70. The fourth-order valence-electron chi connectivity index (χ4n) is 3.41. The van der Waals surface area contributed by atoms with Gasteiger partial charge in [-0.05, 0) is 31.6 Å². The molecular weight excluding hydrogens is 244 g/mol. The van der Waals surface area contributed by atoms with Gasteiger partial charge >= 0.3 is 5.97 Å². The lowest BCUT2D eigenvalue weighted by molar-refractivity contribution is -0.145. The Morgan fingerprint density at radius 1 is 1.16 bits per heavy atom. The van der Waals surface area contributed by atoms with E-state index in [1.165, 1.54) is 0 Å². The van der Waals surface area contributed by atoms with Gasteiger partial charge < -0.3 is 16.2 Å². The number of carbonyl (C=O) groups is 2. The molecule has 2 rings (SSSR count). The molecule has 2 atom stereocenters. The molecule has 2 fully saturated rings. The lowest BCUT2D eigenvalue weighted by Gasteiger charge is -2.30. The Hall–Kier alpha value is -1.10. The minimum absolute atomic E-state index is 0.0557. The van der Waals surface area contributed by atoms with Gasteiger partial charge in [0.1, 0.15) is 0 Å². The molecule has 0 aromatic rings.